The van der Waals surface area contributed by atoms with Gasteiger partial charge >= 0.3 is 6.18 Å². The molecule has 0 amide bonds. The minimum Gasteiger partial charge on any atom is -0.306 e. The molecule has 1 heterocycles. The highest BCUT2D eigenvalue weighted by Crippen LogP contribution is 2.19. The zero-order chi connectivity index (χ0) is 15.4. The number of halogens is 3. The number of rotatable bonds is 6. The van der Waals surface area contributed by atoms with Crippen molar-refractivity contribution >= 4 is 11.3 Å². The molecule has 0 saturated carbocycles. The molecule has 3 nitrogen and oxygen atoms in total. The van der Waals surface area contributed by atoms with Crippen LogP contribution in [0.15, 0.2) is 5.38 Å². The molecule has 1 aromatic rings. The molecule has 0 fully saturated rings. The van der Waals surface area contributed by atoms with E-state index in [-0.39, 0.29) is 12.1 Å². The van der Waals surface area contributed by atoms with Crippen LogP contribution in [0.5, 0.6) is 0 Å². The highest BCUT2D eigenvalue weighted by Gasteiger charge is 2.30. The summed E-state index contributed by atoms with van der Waals surface area (Å²) in [6.45, 7) is 8.24. The maximum Gasteiger partial charge on any atom is 0.401 e. The van der Waals surface area contributed by atoms with Crippen LogP contribution < -0.4 is 5.32 Å². The molecule has 0 unspecified atom stereocenters. The van der Waals surface area contributed by atoms with E-state index in [4.69, 9.17) is 0 Å². The summed E-state index contributed by atoms with van der Waals surface area (Å²) >= 11 is 1.48. The fraction of sp³-hybridized carbons (Fsp3) is 0.769. The molecule has 116 valence electrons. The second kappa shape index (κ2) is 6.87. The number of nitrogens with one attached hydrogen (secondary N) is 1. The van der Waals surface area contributed by atoms with E-state index in [1.54, 1.807) is 6.92 Å². The quantitative estimate of drug-likeness (QED) is 0.873. The number of aromatic nitrogens is 1. The predicted molar refractivity (Wildman–Crippen MR) is 75.7 cm³/mol. The molecule has 0 radical (unpaired) electrons. The maximum absolute atomic E-state index is 12.4. The largest absolute Gasteiger partial charge is 0.401 e. The minimum atomic E-state index is -4.16. The third-order valence-electron chi connectivity index (χ3n) is 2.60. The van der Waals surface area contributed by atoms with E-state index in [1.807, 2.05) is 5.38 Å². The Morgan fingerprint density at radius 1 is 1.30 bits per heavy atom. The Hall–Kier alpha value is -0.660. The molecule has 0 bridgehead atoms. The maximum atomic E-state index is 12.4. The van der Waals surface area contributed by atoms with Crippen molar-refractivity contribution in [3.8, 4) is 0 Å². The Bertz CT molecular complexity index is 410. The lowest BCUT2D eigenvalue weighted by molar-refractivity contribution is -0.146. The molecule has 7 heteroatoms. The number of hydrogen-bond acceptors (Lipinski definition) is 4. The normalized spacial score (nSPS) is 13.2. The SMILES string of the molecule is CCN(Cc1csc(CNC(C)(C)C)n1)CC(F)(F)F. The van der Waals surface area contributed by atoms with E-state index in [0.717, 1.165) is 5.01 Å². The van der Waals surface area contributed by atoms with Gasteiger partial charge in [0.15, 0.2) is 0 Å². The van der Waals surface area contributed by atoms with Gasteiger partial charge in [-0.25, -0.2) is 4.98 Å². The molecule has 0 aromatic carbocycles. The molecule has 0 saturated heterocycles. The minimum absolute atomic E-state index is 0.00241. The van der Waals surface area contributed by atoms with Crippen molar-refractivity contribution in [2.75, 3.05) is 13.1 Å². The summed E-state index contributed by atoms with van der Waals surface area (Å²) in [5, 5.41) is 6.04. The zero-order valence-corrected chi connectivity index (χ0v) is 13.2. The van der Waals surface area contributed by atoms with Crippen LogP contribution in [0.3, 0.4) is 0 Å². The Labute approximate surface area is 122 Å². The highest BCUT2D eigenvalue weighted by atomic mass is 32.1. The summed E-state index contributed by atoms with van der Waals surface area (Å²) in [5.41, 5.74) is 0.698. The van der Waals surface area contributed by atoms with Crippen LogP contribution in [0, 0.1) is 0 Å². The first-order valence-electron chi connectivity index (χ1n) is 6.56. The van der Waals surface area contributed by atoms with E-state index >= 15 is 0 Å². The summed E-state index contributed by atoms with van der Waals surface area (Å²) in [5.74, 6) is 0. The van der Waals surface area contributed by atoms with Gasteiger partial charge in [-0.2, -0.15) is 13.2 Å². The Kier molecular flexibility index (Phi) is 5.97. The monoisotopic (exact) mass is 309 g/mol. The summed E-state index contributed by atoms with van der Waals surface area (Å²) < 4.78 is 37.1. The molecule has 0 aliphatic heterocycles. The average Bonchev–Trinajstić information content (AvgIpc) is 2.70. The van der Waals surface area contributed by atoms with Gasteiger partial charge in [0.05, 0.1) is 12.2 Å². The van der Waals surface area contributed by atoms with Crippen molar-refractivity contribution in [1.29, 1.82) is 0 Å². The number of alkyl halides is 3. The predicted octanol–water partition coefficient (Wildman–Crippen LogP) is 3.42. The smallest absolute Gasteiger partial charge is 0.306 e. The Morgan fingerprint density at radius 2 is 1.95 bits per heavy atom. The van der Waals surface area contributed by atoms with E-state index < -0.39 is 12.7 Å². The second-order valence-electron chi connectivity index (χ2n) is 5.75. The first-order valence-corrected chi connectivity index (χ1v) is 7.44. The first kappa shape index (κ1) is 17.4. The summed E-state index contributed by atoms with van der Waals surface area (Å²) in [6, 6.07) is 0. The number of thiazole rings is 1. The lowest BCUT2D eigenvalue weighted by Crippen LogP contribution is -2.35. The Balaban J connectivity index is 2.54. The zero-order valence-electron chi connectivity index (χ0n) is 12.3. The second-order valence-corrected chi connectivity index (χ2v) is 6.70. The first-order chi connectivity index (χ1) is 9.09. The number of nitrogens with zero attached hydrogens (tertiary/aromatic N) is 2. The standard InChI is InChI=1S/C13H22F3N3S/c1-5-19(9-13(14,15)16)7-10-8-20-11(18-10)6-17-12(2,3)4/h8,17H,5-7,9H2,1-4H3. The van der Waals surface area contributed by atoms with Crippen molar-refractivity contribution in [2.24, 2.45) is 0 Å². The van der Waals surface area contributed by atoms with Crippen LogP contribution in [-0.4, -0.2) is 34.7 Å². The van der Waals surface area contributed by atoms with Crippen LogP contribution in [-0.2, 0) is 13.1 Å². The fourth-order valence-corrected chi connectivity index (χ4v) is 2.33. The summed E-state index contributed by atoms with van der Waals surface area (Å²) in [6.07, 6.45) is -4.16. The van der Waals surface area contributed by atoms with Crippen LogP contribution in [0.25, 0.3) is 0 Å². The lowest BCUT2D eigenvalue weighted by atomic mass is 10.1. The van der Waals surface area contributed by atoms with Gasteiger partial charge in [-0.1, -0.05) is 6.92 Å². The Morgan fingerprint density at radius 3 is 2.45 bits per heavy atom. The molecule has 0 aliphatic carbocycles. The van der Waals surface area contributed by atoms with E-state index in [1.165, 1.54) is 16.2 Å². The van der Waals surface area contributed by atoms with Gasteiger partial charge in [-0.3, -0.25) is 4.90 Å². The van der Waals surface area contributed by atoms with Crippen LogP contribution in [0.4, 0.5) is 13.2 Å². The van der Waals surface area contributed by atoms with Gasteiger partial charge in [-0.05, 0) is 27.3 Å². The van der Waals surface area contributed by atoms with Crippen molar-refractivity contribution in [3.05, 3.63) is 16.1 Å². The highest BCUT2D eigenvalue weighted by molar-refractivity contribution is 7.09. The molecule has 20 heavy (non-hydrogen) atoms. The van der Waals surface area contributed by atoms with Gasteiger partial charge in [0.25, 0.3) is 0 Å². The molecule has 1 aromatic heterocycles. The summed E-state index contributed by atoms with van der Waals surface area (Å²) in [4.78, 5) is 5.72. The van der Waals surface area contributed by atoms with Crippen molar-refractivity contribution < 1.29 is 13.2 Å². The lowest BCUT2D eigenvalue weighted by Gasteiger charge is -2.21. The van der Waals surface area contributed by atoms with Crippen LogP contribution in [0.2, 0.25) is 0 Å². The average molecular weight is 309 g/mol. The van der Waals surface area contributed by atoms with Gasteiger partial charge in [0.1, 0.15) is 5.01 Å². The third-order valence-corrected chi connectivity index (χ3v) is 3.50. The van der Waals surface area contributed by atoms with Gasteiger partial charge in [-0.15, -0.1) is 11.3 Å². The molecular weight excluding hydrogens is 287 g/mol. The fourth-order valence-electron chi connectivity index (χ4n) is 1.61. The third kappa shape index (κ3) is 7.21. The molecular formula is C13H22F3N3S. The summed E-state index contributed by atoms with van der Waals surface area (Å²) in [7, 11) is 0. The van der Waals surface area contributed by atoms with Crippen LogP contribution >= 0.6 is 11.3 Å². The van der Waals surface area contributed by atoms with Gasteiger partial charge < -0.3 is 5.32 Å². The van der Waals surface area contributed by atoms with Gasteiger partial charge in [0.2, 0.25) is 0 Å². The van der Waals surface area contributed by atoms with Crippen molar-refractivity contribution in [2.45, 2.75) is 52.5 Å². The van der Waals surface area contributed by atoms with Crippen LogP contribution in [0.1, 0.15) is 38.4 Å². The molecule has 1 N–H and O–H groups in total. The molecule has 0 atom stereocenters. The number of hydrogen-bond donors (Lipinski definition) is 1. The molecule has 0 aliphatic rings. The topological polar surface area (TPSA) is 28.2 Å². The molecule has 0 spiro atoms. The van der Waals surface area contributed by atoms with Gasteiger partial charge in [0, 0.05) is 24.0 Å². The molecule has 1 rings (SSSR count). The van der Waals surface area contributed by atoms with Crippen molar-refractivity contribution in [3.63, 3.8) is 0 Å². The van der Waals surface area contributed by atoms with E-state index in [9.17, 15) is 13.2 Å². The van der Waals surface area contributed by atoms with Crippen molar-refractivity contribution in [1.82, 2.24) is 15.2 Å². The van der Waals surface area contributed by atoms with E-state index in [2.05, 4.69) is 31.1 Å². The van der Waals surface area contributed by atoms with E-state index in [0.29, 0.717) is 18.8 Å².